The van der Waals surface area contributed by atoms with E-state index in [-0.39, 0.29) is 0 Å². The van der Waals surface area contributed by atoms with E-state index in [4.69, 9.17) is 4.98 Å². The minimum atomic E-state index is 0.727. The van der Waals surface area contributed by atoms with E-state index in [1.54, 1.807) is 18.1 Å². The highest BCUT2D eigenvalue weighted by Crippen LogP contribution is 2.27. The van der Waals surface area contributed by atoms with Crippen molar-refractivity contribution in [3.8, 4) is 11.3 Å². The molecule has 0 radical (unpaired) electrons. The van der Waals surface area contributed by atoms with Crippen LogP contribution in [-0.2, 0) is 0 Å². The van der Waals surface area contributed by atoms with Crippen molar-refractivity contribution in [2.75, 3.05) is 16.3 Å². The van der Waals surface area contributed by atoms with Gasteiger partial charge in [0, 0.05) is 41.8 Å². The zero-order valence-corrected chi connectivity index (χ0v) is 16.6. The standard InChI is InChI=1S/C23H19N5S/c1-29-27-20-10-8-19(9-11-20)25-22-23-26-21(15-28(23)13-12-24-22)18-7-6-16-4-2-3-5-17(16)14-18/h2-15,27H,1H3,(H,24,25). The maximum atomic E-state index is 4.86. The normalized spacial score (nSPS) is 11.1. The van der Waals surface area contributed by atoms with Gasteiger partial charge in [0.15, 0.2) is 11.5 Å². The number of hydrogen-bond donors (Lipinski definition) is 2. The number of anilines is 3. The third kappa shape index (κ3) is 3.50. The van der Waals surface area contributed by atoms with Crippen LogP contribution in [0.15, 0.2) is 85.3 Å². The maximum absolute atomic E-state index is 4.86. The highest BCUT2D eigenvalue weighted by molar-refractivity contribution is 7.99. The van der Waals surface area contributed by atoms with E-state index in [0.29, 0.717) is 0 Å². The number of hydrogen-bond acceptors (Lipinski definition) is 5. The van der Waals surface area contributed by atoms with Gasteiger partial charge in [-0.15, -0.1) is 0 Å². The molecule has 0 spiro atoms. The Morgan fingerprint density at radius 2 is 1.69 bits per heavy atom. The molecule has 29 heavy (non-hydrogen) atoms. The van der Waals surface area contributed by atoms with Crippen LogP contribution in [0.4, 0.5) is 17.2 Å². The van der Waals surface area contributed by atoms with Crippen LogP contribution in [0, 0.1) is 0 Å². The summed E-state index contributed by atoms with van der Waals surface area (Å²) in [6, 6.07) is 22.9. The molecule has 0 aliphatic heterocycles. The second-order valence-corrected chi connectivity index (χ2v) is 7.32. The molecule has 0 saturated carbocycles. The van der Waals surface area contributed by atoms with E-state index in [0.717, 1.165) is 34.1 Å². The zero-order chi connectivity index (χ0) is 19.6. The lowest BCUT2D eigenvalue weighted by Crippen LogP contribution is -1.97. The van der Waals surface area contributed by atoms with Gasteiger partial charge in [-0.2, -0.15) is 0 Å². The van der Waals surface area contributed by atoms with Crippen molar-refractivity contribution in [3.05, 3.63) is 85.3 Å². The first-order valence-corrected chi connectivity index (χ1v) is 10.5. The van der Waals surface area contributed by atoms with E-state index < -0.39 is 0 Å². The molecule has 0 bridgehead atoms. The molecule has 0 amide bonds. The predicted octanol–water partition coefficient (Wildman–Crippen LogP) is 5.98. The molecule has 5 aromatic rings. The van der Waals surface area contributed by atoms with Crippen molar-refractivity contribution >= 4 is 45.6 Å². The summed E-state index contributed by atoms with van der Waals surface area (Å²) >= 11 is 1.57. The summed E-state index contributed by atoms with van der Waals surface area (Å²) in [7, 11) is 0. The van der Waals surface area contributed by atoms with Crippen molar-refractivity contribution in [1.82, 2.24) is 14.4 Å². The van der Waals surface area contributed by atoms with Gasteiger partial charge < -0.3 is 14.4 Å². The Labute approximate surface area is 173 Å². The second-order valence-electron chi connectivity index (χ2n) is 6.70. The van der Waals surface area contributed by atoms with Crippen LogP contribution in [0.1, 0.15) is 0 Å². The minimum absolute atomic E-state index is 0.727. The summed E-state index contributed by atoms with van der Waals surface area (Å²) in [6.45, 7) is 0. The third-order valence-corrected chi connectivity index (χ3v) is 5.23. The molecule has 142 valence electrons. The average Bonchev–Trinajstić information content (AvgIpc) is 3.20. The van der Waals surface area contributed by atoms with Crippen LogP contribution < -0.4 is 10.0 Å². The van der Waals surface area contributed by atoms with Crippen molar-refractivity contribution in [2.24, 2.45) is 0 Å². The molecule has 0 saturated heterocycles. The highest BCUT2D eigenvalue weighted by atomic mass is 32.2. The highest BCUT2D eigenvalue weighted by Gasteiger charge is 2.10. The topological polar surface area (TPSA) is 54.2 Å². The van der Waals surface area contributed by atoms with Gasteiger partial charge in [0.05, 0.1) is 5.69 Å². The van der Waals surface area contributed by atoms with Crippen LogP contribution in [0.3, 0.4) is 0 Å². The summed E-state index contributed by atoms with van der Waals surface area (Å²) < 4.78 is 5.22. The number of imidazole rings is 1. The number of fused-ring (bicyclic) bond motifs is 2. The minimum Gasteiger partial charge on any atom is -0.337 e. The number of aromatic nitrogens is 3. The lowest BCUT2D eigenvalue weighted by atomic mass is 10.1. The fourth-order valence-corrected chi connectivity index (χ4v) is 3.74. The SMILES string of the molecule is CSNc1ccc(Nc2nccn3cc(-c4ccc5ccccc5c4)nc23)cc1. The van der Waals surface area contributed by atoms with Gasteiger partial charge in [-0.3, -0.25) is 0 Å². The Morgan fingerprint density at radius 3 is 2.52 bits per heavy atom. The number of rotatable bonds is 5. The molecule has 5 rings (SSSR count). The van der Waals surface area contributed by atoms with Crippen molar-refractivity contribution in [2.45, 2.75) is 0 Å². The Balaban J connectivity index is 1.50. The number of benzene rings is 3. The fourth-order valence-electron chi connectivity index (χ4n) is 3.37. The third-order valence-electron chi connectivity index (χ3n) is 4.79. The van der Waals surface area contributed by atoms with Crippen LogP contribution in [0.25, 0.3) is 27.7 Å². The Morgan fingerprint density at radius 1 is 0.897 bits per heavy atom. The van der Waals surface area contributed by atoms with E-state index in [9.17, 15) is 0 Å². The molecule has 6 heteroatoms. The zero-order valence-electron chi connectivity index (χ0n) is 15.8. The van der Waals surface area contributed by atoms with E-state index >= 15 is 0 Å². The first-order valence-electron chi connectivity index (χ1n) is 9.29. The first kappa shape index (κ1) is 17.6. The molecule has 3 aromatic carbocycles. The summed E-state index contributed by atoms with van der Waals surface area (Å²) in [5, 5.41) is 5.81. The van der Waals surface area contributed by atoms with E-state index in [2.05, 4.69) is 57.5 Å². The molecule has 0 aliphatic carbocycles. The van der Waals surface area contributed by atoms with Crippen LogP contribution in [0.2, 0.25) is 0 Å². The molecule has 2 N–H and O–H groups in total. The summed E-state index contributed by atoms with van der Waals surface area (Å²) in [6.07, 6.45) is 7.74. The molecular weight excluding hydrogens is 378 g/mol. The van der Waals surface area contributed by atoms with Crippen molar-refractivity contribution in [1.29, 1.82) is 0 Å². The molecular formula is C23H19N5S. The van der Waals surface area contributed by atoms with Gasteiger partial charge >= 0.3 is 0 Å². The van der Waals surface area contributed by atoms with Crippen LogP contribution in [-0.4, -0.2) is 20.6 Å². The lowest BCUT2D eigenvalue weighted by molar-refractivity contribution is 1.13. The van der Waals surface area contributed by atoms with Gasteiger partial charge in [0.1, 0.15) is 0 Å². The quantitative estimate of drug-likeness (QED) is 0.357. The van der Waals surface area contributed by atoms with Gasteiger partial charge in [-0.25, -0.2) is 9.97 Å². The molecule has 2 heterocycles. The van der Waals surface area contributed by atoms with E-state index in [1.807, 2.05) is 47.3 Å². The van der Waals surface area contributed by atoms with Crippen LogP contribution >= 0.6 is 11.9 Å². The van der Waals surface area contributed by atoms with Gasteiger partial charge in [-0.1, -0.05) is 48.3 Å². The average molecular weight is 398 g/mol. The van der Waals surface area contributed by atoms with Crippen molar-refractivity contribution < 1.29 is 0 Å². The van der Waals surface area contributed by atoms with Gasteiger partial charge in [0.25, 0.3) is 0 Å². The van der Waals surface area contributed by atoms with E-state index in [1.165, 1.54) is 10.8 Å². The Bertz CT molecular complexity index is 1290. The fraction of sp³-hybridized carbons (Fsp3) is 0.0435. The second kappa shape index (κ2) is 7.48. The molecule has 0 atom stereocenters. The van der Waals surface area contributed by atoms with Gasteiger partial charge in [0.2, 0.25) is 0 Å². The maximum Gasteiger partial charge on any atom is 0.181 e. The van der Waals surface area contributed by atoms with Gasteiger partial charge in [-0.05, 0) is 41.1 Å². The monoisotopic (exact) mass is 397 g/mol. The summed E-state index contributed by atoms with van der Waals surface area (Å²) in [5.41, 5.74) is 4.83. The number of nitrogens with zero attached hydrogens (tertiary/aromatic N) is 3. The van der Waals surface area contributed by atoms with Crippen molar-refractivity contribution in [3.63, 3.8) is 0 Å². The predicted molar refractivity (Wildman–Crippen MR) is 123 cm³/mol. The summed E-state index contributed by atoms with van der Waals surface area (Å²) in [4.78, 5) is 9.36. The smallest absolute Gasteiger partial charge is 0.181 e. The summed E-state index contributed by atoms with van der Waals surface area (Å²) in [5.74, 6) is 0.727. The molecule has 5 nitrogen and oxygen atoms in total. The largest absolute Gasteiger partial charge is 0.337 e. The molecule has 2 aromatic heterocycles. The lowest BCUT2D eigenvalue weighted by Gasteiger charge is -2.08. The number of nitrogens with one attached hydrogen (secondary N) is 2. The van der Waals surface area contributed by atoms with Crippen LogP contribution in [0.5, 0.6) is 0 Å². The Hall–Kier alpha value is -3.51. The molecule has 0 aliphatic rings. The molecule has 0 unspecified atom stereocenters. The first-order chi connectivity index (χ1) is 14.3. The molecule has 0 fully saturated rings. The Kier molecular flexibility index (Phi) is 4.54.